The number of rotatable bonds is 5. The van der Waals surface area contributed by atoms with Gasteiger partial charge in [0.2, 0.25) is 11.8 Å². The first-order valence-corrected chi connectivity index (χ1v) is 9.21. The van der Waals surface area contributed by atoms with Crippen molar-refractivity contribution in [1.82, 2.24) is 25.6 Å². The summed E-state index contributed by atoms with van der Waals surface area (Å²) >= 11 is 0. The summed E-state index contributed by atoms with van der Waals surface area (Å²) in [5.41, 5.74) is -0.384. The molecule has 8 nitrogen and oxygen atoms in total. The molecule has 1 aliphatic heterocycles. The van der Waals surface area contributed by atoms with E-state index in [1.807, 2.05) is 6.92 Å². The average Bonchev–Trinajstić information content (AvgIpc) is 3.31. The van der Waals surface area contributed by atoms with Gasteiger partial charge in [-0.15, -0.1) is 0 Å². The Morgan fingerprint density at radius 1 is 1.04 bits per heavy atom. The second kappa shape index (κ2) is 7.21. The molecule has 0 aromatic carbocycles. The molecule has 136 valence electrons. The quantitative estimate of drug-likeness (QED) is 0.881. The summed E-state index contributed by atoms with van der Waals surface area (Å²) in [6.45, 7) is 3.66. The molecule has 0 unspecified atom stereocenters. The van der Waals surface area contributed by atoms with Gasteiger partial charge in [-0.1, -0.05) is 29.6 Å². The predicted octanol–water partition coefficient (Wildman–Crippen LogP) is 2.60. The van der Waals surface area contributed by atoms with Gasteiger partial charge in [-0.05, 0) is 32.6 Å². The van der Waals surface area contributed by atoms with E-state index in [-0.39, 0.29) is 5.54 Å². The van der Waals surface area contributed by atoms with E-state index >= 15 is 0 Å². The van der Waals surface area contributed by atoms with Gasteiger partial charge in [-0.25, -0.2) is 0 Å². The van der Waals surface area contributed by atoms with Gasteiger partial charge in [0.15, 0.2) is 11.6 Å². The summed E-state index contributed by atoms with van der Waals surface area (Å²) in [5, 5.41) is 11.6. The van der Waals surface area contributed by atoms with E-state index < -0.39 is 0 Å². The molecule has 0 radical (unpaired) electrons. The Bertz CT molecular complexity index is 686. The maximum atomic E-state index is 5.51. The fourth-order valence-corrected chi connectivity index (χ4v) is 3.78. The fraction of sp³-hybridized carbons (Fsp3) is 0.765. The molecule has 1 saturated heterocycles. The first-order chi connectivity index (χ1) is 12.3. The normalized spacial score (nSPS) is 21.5. The Kier molecular flexibility index (Phi) is 4.80. The van der Waals surface area contributed by atoms with Crippen LogP contribution in [0.15, 0.2) is 9.05 Å². The third kappa shape index (κ3) is 3.59. The molecule has 0 bridgehead atoms. The highest BCUT2D eigenvalue weighted by Crippen LogP contribution is 2.33. The van der Waals surface area contributed by atoms with E-state index in [2.05, 4.69) is 25.6 Å². The standard InChI is InChI=1S/C17H25N5O3/c1-12-19-16(25-21-12)17(7-9-23-10-8-17)18-11-14-20-15(24-22-14)13-5-3-2-4-6-13/h13,18H,2-11H2,1H3. The average molecular weight is 347 g/mol. The van der Waals surface area contributed by atoms with E-state index in [1.54, 1.807) is 0 Å². The monoisotopic (exact) mass is 347 g/mol. The molecule has 3 heterocycles. The van der Waals surface area contributed by atoms with Crippen LogP contribution in [0.1, 0.15) is 74.3 Å². The third-order valence-electron chi connectivity index (χ3n) is 5.31. The van der Waals surface area contributed by atoms with E-state index in [0.29, 0.717) is 43.2 Å². The Balaban J connectivity index is 1.45. The van der Waals surface area contributed by atoms with Crippen LogP contribution in [0.25, 0.3) is 0 Å². The smallest absolute Gasteiger partial charge is 0.247 e. The number of nitrogens with one attached hydrogen (secondary N) is 1. The highest BCUT2D eigenvalue weighted by atomic mass is 16.5. The third-order valence-corrected chi connectivity index (χ3v) is 5.31. The van der Waals surface area contributed by atoms with Crippen LogP contribution in [-0.4, -0.2) is 33.5 Å². The van der Waals surface area contributed by atoms with Crippen LogP contribution in [0.2, 0.25) is 0 Å². The highest BCUT2D eigenvalue weighted by Gasteiger charge is 2.39. The fourth-order valence-electron chi connectivity index (χ4n) is 3.78. The minimum atomic E-state index is -0.384. The van der Waals surface area contributed by atoms with Gasteiger partial charge in [-0.2, -0.15) is 9.97 Å². The molecule has 2 aliphatic rings. The lowest BCUT2D eigenvalue weighted by Crippen LogP contribution is -2.46. The maximum absolute atomic E-state index is 5.51. The summed E-state index contributed by atoms with van der Waals surface area (Å²) in [5.74, 6) is 3.14. The zero-order valence-electron chi connectivity index (χ0n) is 14.7. The first kappa shape index (κ1) is 16.7. The molecule has 0 spiro atoms. The molecule has 1 saturated carbocycles. The van der Waals surface area contributed by atoms with E-state index in [4.69, 9.17) is 13.8 Å². The van der Waals surface area contributed by atoms with Crippen LogP contribution in [0, 0.1) is 6.92 Å². The minimum absolute atomic E-state index is 0.384. The Morgan fingerprint density at radius 2 is 1.84 bits per heavy atom. The second-order valence-electron chi connectivity index (χ2n) is 7.08. The van der Waals surface area contributed by atoms with Gasteiger partial charge >= 0.3 is 0 Å². The molecule has 2 aromatic rings. The van der Waals surface area contributed by atoms with Gasteiger partial charge in [0.25, 0.3) is 0 Å². The van der Waals surface area contributed by atoms with Crippen molar-refractivity contribution in [3.05, 3.63) is 23.4 Å². The van der Waals surface area contributed by atoms with Crippen LogP contribution >= 0.6 is 0 Å². The molecule has 1 aliphatic carbocycles. The van der Waals surface area contributed by atoms with Crippen LogP contribution in [0.3, 0.4) is 0 Å². The van der Waals surface area contributed by atoms with E-state index in [0.717, 1.165) is 31.6 Å². The zero-order chi connectivity index (χ0) is 17.1. The van der Waals surface area contributed by atoms with Crippen LogP contribution in [-0.2, 0) is 16.8 Å². The first-order valence-electron chi connectivity index (χ1n) is 9.21. The SMILES string of the molecule is Cc1noc(C2(NCc3noc(C4CCCCC4)n3)CCOCC2)n1. The van der Waals surface area contributed by atoms with Gasteiger partial charge in [0.1, 0.15) is 5.54 Å². The summed E-state index contributed by atoms with van der Waals surface area (Å²) in [4.78, 5) is 9.05. The largest absolute Gasteiger partial charge is 0.381 e. The van der Waals surface area contributed by atoms with Gasteiger partial charge in [-0.3, -0.25) is 5.32 Å². The Labute approximate surface area is 146 Å². The number of hydrogen-bond donors (Lipinski definition) is 1. The molecular formula is C17H25N5O3. The molecular weight excluding hydrogens is 322 g/mol. The number of nitrogens with zero attached hydrogens (tertiary/aromatic N) is 4. The van der Waals surface area contributed by atoms with Gasteiger partial charge in [0.05, 0.1) is 6.54 Å². The topological polar surface area (TPSA) is 99.1 Å². The van der Waals surface area contributed by atoms with Gasteiger partial charge in [0, 0.05) is 19.1 Å². The molecule has 8 heteroatoms. The Hall–Kier alpha value is -1.80. The molecule has 0 atom stereocenters. The molecule has 4 rings (SSSR count). The zero-order valence-corrected chi connectivity index (χ0v) is 14.7. The van der Waals surface area contributed by atoms with E-state index in [1.165, 1.54) is 19.3 Å². The lowest BCUT2D eigenvalue weighted by Gasteiger charge is -2.34. The number of hydrogen-bond acceptors (Lipinski definition) is 8. The van der Waals surface area contributed by atoms with Crippen molar-refractivity contribution in [2.75, 3.05) is 13.2 Å². The van der Waals surface area contributed by atoms with Crippen molar-refractivity contribution in [1.29, 1.82) is 0 Å². The van der Waals surface area contributed by atoms with Crippen molar-refractivity contribution in [3.63, 3.8) is 0 Å². The van der Waals surface area contributed by atoms with Crippen molar-refractivity contribution < 1.29 is 13.8 Å². The summed E-state index contributed by atoms with van der Waals surface area (Å²) in [6.07, 6.45) is 7.67. The van der Waals surface area contributed by atoms with Gasteiger partial charge < -0.3 is 13.8 Å². The predicted molar refractivity (Wildman–Crippen MR) is 87.7 cm³/mol. The molecule has 0 amide bonds. The van der Waals surface area contributed by atoms with Crippen LogP contribution in [0.4, 0.5) is 0 Å². The van der Waals surface area contributed by atoms with E-state index in [9.17, 15) is 0 Å². The number of aryl methyl sites for hydroxylation is 1. The minimum Gasteiger partial charge on any atom is -0.381 e. The maximum Gasteiger partial charge on any atom is 0.247 e. The number of aromatic nitrogens is 4. The van der Waals surface area contributed by atoms with Crippen molar-refractivity contribution in [3.8, 4) is 0 Å². The molecule has 1 N–H and O–H groups in total. The highest BCUT2D eigenvalue weighted by molar-refractivity contribution is 5.06. The second-order valence-corrected chi connectivity index (χ2v) is 7.08. The van der Waals surface area contributed by atoms with Crippen LogP contribution < -0.4 is 5.32 Å². The summed E-state index contributed by atoms with van der Waals surface area (Å²) in [7, 11) is 0. The Morgan fingerprint density at radius 3 is 2.56 bits per heavy atom. The molecule has 25 heavy (non-hydrogen) atoms. The lowest BCUT2D eigenvalue weighted by atomic mass is 9.89. The molecule has 2 aromatic heterocycles. The lowest BCUT2D eigenvalue weighted by molar-refractivity contribution is 0.0214. The summed E-state index contributed by atoms with van der Waals surface area (Å²) in [6, 6.07) is 0. The van der Waals surface area contributed by atoms with Crippen molar-refractivity contribution in [2.24, 2.45) is 0 Å². The number of ether oxygens (including phenoxy) is 1. The summed E-state index contributed by atoms with van der Waals surface area (Å²) < 4.78 is 16.5. The molecule has 2 fully saturated rings. The van der Waals surface area contributed by atoms with Crippen molar-refractivity contribution in [2.45, 2.75) is 69.9 Å². The van der Waals surface area contributed by atoms with Crippen LogP contribution in [0.5, 0.6) is 0 Å². The van der Waals surface area contributed by atoms with Crippen molar-refractivity contribution >= 4 is 0 Å².